The number of benzene rings is 1. The molecule has 16 heavy (non-hydrogen) atoms. The van der Waals surface area contributed by atoms with E-state index in [4.69, 9.17) is 0 Å². The highest BCUT2D eigenvalue weighted by molar-refractivity contribution is 5.45. The van der Waals surface area contributed by atoms with Gasteiger partial charge in [0.15, 0.2) is 0 Å². The van der Waals surface area contributed by atoms with Crippen molar-refractivity contribution < 1.29 is 4.92 Å². The average molecular weight is 220 g/mol. The van der Waals surface area contributed by atoms with Gasteiger partial charge in [0.2, 0.25) is 0 Å². The Hall–Kier alpha value is -1.42. The number of hydrogen-bond donors (Lipinski definition) is 1. The Kier molecular flexibility index (Phi) is 2.92. The topological polar surface area (TPSA) is 55.2 Å². The van der Waals surface area contributed by atoms with E-state index in [9.17, 15) is 10.1 Å². The Morgan fingerprint density at radius 3 is 2.75 bits per heavy atom. The lowest BCUT2D eigenvalue weighted by Gasteiger charge is -2.15. The molecule has 0 aliphatic heterocycles. The fourth-order valence-electron chi connectivity index (χ4n) is 2.00. The van der Waals surface area contributed by atoms with Crippen LogP contribution in [0.15, 0.2) is 18.2 Å². The van der Waals surface area contributed by atoms with Crippen LogP contribution >= 0.6 is 0 Å². The van der Waals surface area contributed by atoms with E-state index >= 15 is 0 Å². The van der Waals surface area contributed by atoms with E-state index in [0.717, 1.165) is 11.1 Å². The first-order valence-electron chi connectivity index (χ1n) is 5.59. The van der Waals surface area contributed by atoms with Crippen molar-refractivity contribution in [1.29, 1.82) is 0 Å². The third-order valence-electron chi connectivity index (χ3n) is 3.07. The molecule has 0 radical (unpaired) electrons. The second-order valence-electron chi connectivity index (χ2n) is 4.41. The Balaban J connectivity index is 2.25. The van der Waals surface area contributed by atoms with Crippen molar-refractivity contribution in [1.82, 2.24) is 5.32 Å². The molecule has 1 saturated carbocycles. The van der Waals surface area contributed by atoms with Crippen molar-refractivity contribution in [2.45, 2.75) is 38.8 Å². The number of hydrogen-bond acceptors (Lipinski definition) is 3. The van der Waals surface area contributed by atoms with Crippen molar-refractivity contribution in [3.8, 4) is 0 Å². The normalized spacial score (nSPS) is 17.1. The minimum absolute atomic E-state index is 0.187. The molecule has 1 atom stereocenters. The van der Waals surface area contributed by atoms with Crippen molar-refractivity contribution in [3.05, 3.63) is 39.4 Å². The summed E-state index contributed by atoms with van der Waals surface area (Å²) >= 11 is 0. The van der Waals surface area contributed by atoms with Crippen LogP contribution < -0.4 is 5.32 Å². The quantitative estimate of drug-likeness (QED) is 0.627. The molecule has 0 spiro atoms. The maximum atomic E-state index is 10.8. The molecule has 1 aliphatic carbocycles. The maximum Gasteiger partial charge on any atom is 0.272 e. The molecule has 1 aromatic rings. The average Bonchev–Trinajstić information content (AvgIpc) is 3.01. The van der Waals surface area contributed by atoms with Gasteiger partial charge in [-0.1, -0.05) is 12.1 Å². The van der Waals surface area contributed by atoms with E-state index in [1.165, 1.54) is 12.8 Å². The molecule has 0 saturated heterocycles. The fraction of sp³-hybridized carbons (Fsp3) is 0.500. The van der Waals surface area contributed by atoms with Gasteiger partial charge in [-0.15, -0.1) is 0 Å². The first kappa shape index (κ1) is 11.1. The van der Waals surface area contributed by atoms with Gasteiger partial charge < -0.3 is 5.32 Å². The minimum Gasteiger partial charge on any atom is -0.307 e. The second-order valence-corrected chi connectivity index (χ2v) is 4.41. The zero-order valence-electron chi connectivity index (χ0n) is 9.56. The molecule has 1 aliphatic rings. The number of nitrogens with one attached hydrogen (secondary N) is 1. The smallest absolute Gasteiger partial charge is 0.272 e. The molecule has 1 aromatic carbocycles. The molecule has 0 heterocycles. The summed E-state index contributed by atoms with van der Waals surface area (Å²) in [5, 5.41) is 14.3. The van der Waals surface area contributed by atoms with E-state index < -0.39 is 0 Å². The Morgan fingerprint density at radius 1 is 1.50 bits per heavy atom. The van der Waals surface area contributed by atoms with Gasteiger partial charge in [-0.05, 0) is 32.3 Å². The molecule has 1 unspecified atom stereocenters. The van der Waals surface area contributed by atoms with E-state index in [0.29, 0.717) is 6.04 Å². The number of rotatable bonds is 4. The summed E-state index contributed by atoms with van der Waals surface area (Å²) in [6.45, 7) is 3.88. The molecule has 1 N–H and O–H groups in total. The van der Waals surface area contributed by atoms with Gasteiger partial charge in [0, 0.05) is 23.7 Å². The van der Waals surface area contributed by atoms with Crippen LogP contribution in [0.5, 0.6) is 0 Å². The Morgan fingerprint density at radius 2 is 2.19 bits per heavy atom. The zero-order valence-corrected chi connectivity index (χ0v) is 9.56. The Bertz CT molecular complexity index is 413. The number of nitro groups is 1. The first-order chi connectivity index (χ1) is 7.59. The number of nitro benzene ring substituents is 1. The predicted octanol–water partition coefficient (Wildman–Crippen LogP) is 2.72. The summed E-state index contributed by atoms with van der Waals surface area (Å²) in [4.78, 5) is 10.5. The lowest BCUT2D eigenvalue weighted by atomic mass is 10.0. The van der Waals surface area contributed by atoms with Crippen molar-refractivity contribution in [2.75, 3.05) is 0 Å². The fourth-order valence-corrected chi connectivity index (χ4v) is 2.00. The van der Waals surface area contributed by atoms with Gasteiger partial charge in [-0.3, -0.25) is 10.1 Å². The summed E-state index contributed by atoms with van der Waals surface area (Å²) < 4.78 is 0. The summed E-state index contributed by atoms with van der Waals surface area (Å²) in [5.74, 6) is 0. The lowest BCUT2D eigenvalue weighted by molar-refractivity contribution is -0.385. The molecule has 2 rings (SSSR count). The summed E-state index contributed by atoms with van der Waals surface area (Å²) in [7, 11) is 0. The third-order valence-corrected chi connectivity index (χ3v) is 3.07. The van der Waals surface area contributed by atoms with Crippen LogP contribution in [-0.4, -0.2) is 11.0 Å². The van der Waals surface area contributed by atoms with Crippen LogP contribution in [0.4, 0.5) is 5.69 Å². The van der Waals surface area contributed by atoms with Gasteiger partial charge in [0.25, 0.3) is 5.69 Å². The van der Waals surface area contributed by atoms with Crippen LogP contribution in [0, 0.1) is 17.0 Å². The summed E-state index contributed by atoms with van der Waals surface area (Å²) in [6.07, 6.45) is 2.44. The summed E-state index contributed by atoms with van der Waals surface area (Å²) in [6, 6.07) is 6.07. The first-order valence-corrected chi connectivity index (χ1v) is 5.59. The van der Waals surface area contributed by atoms with Crippen molar-refractivity contribution in [2.24, 2.45) is 0 Å². The van der Waals surface area contributed by atoms with Crippen LogP contribution in [-0.2, 0) is 0 Å². The highest BCUT2D eigenvalue weighted by atomic mass is 16.6. The molecule has 0 amide bonds. The van der Waals surface area contributed by atoms with Gasteiger partial charge >= 0.3 is 0 Å². The van der Waals surface area contributed by atoms with Gasteiger partial charge in [-0.2, -0.15) is 0 Å². The highest BCUT2D eigenvalue weighted by Crippen LogP contribution is 2.29. The standard InChI is InChI=1S/C12H16N2O2/c1-8-11(9(2)13-10-6-7-10)4-3-5-12(8)14(15)16/h3-5,9-10,13H,6-7H2,1-2H3. The second kappa shape index (κ2) is 4.22. The maximum absolute atomic E-state index is 10.8. The van der Waals surface area contributed by atoms with Crippen LogP contribution in [0.3, 0.4) is 0 Å². The molecule has 1 fully saturated rings. The largest absolute Gasteiger partial charge is 0.307 e. The van der Waals surface area contributed by atoms with E-state index in [1.807, 2.05) is 13.0 Å². The van der Waals surface area contributed by atoms with Crippen molar-refractivity contribution in [3.63, 3.8) is 0 Å². The number of nitrogens with zero attached hydrogens (tertiary/aromatic N) is 1. The molecule has 4 heteroatoms. The molecule has 4 nitrogen and oxygen atoms in total. The van der Waals surface area contributed by atoms with E-state index in [1.54, 1.807) is 12.1 Å². The lowest BCUT2D eigenvalue weighted by Crippen LogP contribution is -2.21. The molecule has 0 aromatic heterocycles. The van der Waals surface area contributed by atoms with Crippen LogP contribution in [0.1, 0.15) is 36.9 Å². The van der Waals surface area contributed by atoms with Crippen LogP contribution in [0.25, 0.3) is 0 Å². The van der Waals surface area contributed by atoms with E-state index in [2.05, 4.69) is 12.2 Å². The third kappa shape index (κ3) is 2.22. The van der Waals surface area contributed by atoms with E-state index in [-0.39, 0.29) is 16.7 Å². The van der Waals surface area contributed by atoms with Crippen molar-refractivity contribution >= 4 is 5.69 Å². The van der Waals surface area contributed by atoms with Gasteiger partial charge in [0.1, 0.15) is 0 Å². The molecular weight excluding hydrogens is 204 g/mol. The summed E-state index contributed by atoms with van der Waals surface area (Å²) in [5.41, 5.74) is 2.01. The zero-order chi connectivity index (χ0) is 11.7. The molecular formula is C12H16N2O2. The Labute approximate surface area is 94.8 Å². The molecule has 86 valence electrons. The SMILES string of the molecule is Cc1c(C(C)NC2CC2)cccc1[N+](=O)[O-]. The highest BCUT2D eigenvalue weighted by Gasteiger charge is 2.25. The predicted molar refractivity (Wildman–Crippen MR) is 62.4 cm³/mol. The molecule has 0 bridgehead atoms. The van der Waals surface area contributed by atoms with Crippen LogP contribution in [0.2, 0.25) is 0 Å². The van der Waals surface area contributed by atoms with Gasteiger partial charge in [-0.25, -0.2) is 0 Å². The minimum atomic E-state index is -0.317. The van der Waals surface area contributed by atoms with Gasteiger partial charge in [0.05, 0.1) is 4.92 Å². The monoisotopic (exact) mass is 220 g/mol.